The van der Waals surface area contributed by atoms with Gasteiger partial charge in [0.15, 0.2) is 0 Å². The monoisotopic (exact) mass is 686 g/mol. The van der Waals surface area contributed by atoms with Crippen molar-refractivity contribution >= 4 is 87.0 Å². The van der Waals surface area contributed by atoms with Crippen molar-refractivity contribution in [2.45, 2.75) is 0 Å². The Hall–Kier alpha value is -7.16. The molecule has 0 saturated heterocycles. The Morgan fingerprint density at radius 1 is 0.204 bits per heavy atom. The highest BCUT2D eigenvalue weighted by atomic mass is 16.3. The molecule has 0 bridgehead atoms. The van der Waals surface area contributed by atoms with E-state index in [0.29, 0.717) is 0 Å². The fourth-order valence-corrected chi connectivity index (χ4v) is 9.26. The van der Waals surface area contributed by atoms with Gasteiger partial charge in [-0.3, -0.25) is 0 Å². The van der Waals surface area contributed by atoms with Crippen LogP contribution in [0.1, 0.15) is 0 Å². The summed E-state index contributed by atoms with van der Waals surface area (Å²) in [5.74, 6) is 0. The van der Waals surface area contributed by atoms with E-state index in [9.17, 15) is 0 Å². The van der Waals surface area contributed by atoms with Gasteiger partial charge in [0.2, 0.25) is 0 Å². The summed E-state index contributed by atoms with van der Waals surface area (Å²) in [6, 6.07) is 65.5. The fraction of sp³-hybridized carbons (Fsp3) is 0. The molecule has 0 fully saturated rings. The van der Waals surface area contributed by atoms with Crippen LogP contribution in [0.4, 0.5) is 0 Å². The van der Waals surface area contributed by atoms with Crippen molar-refractivity contribution in [3.63, 3.8) is 0 Å². The van der Waals surface area contributed by atoms with Crippen LogP contribution in [-0.2, 0) is 0 Å². The predicted octanol–water partition coefficient (Wildman–Crippen LogP) is 15.1. The largest absolute Gasteiger partial charge is 0.455 e. The Morgan fingerprint density at radius 3 is 0.796 bits per heavy atom. The number of hydrogen-bond donors (Lipinski definition) is 0. The van der Waals surface area contributed by atoms with E-state index in [1.165, 1.54) is 65.3 Å². The van der Waals surface area contributed by atoms with Gasteiger partial charge in [-0.25, -0.2) is 0 Å². The molecule has 54 heavy (non-hydrogen) atoms. The lowest BCUT2D eigenvalue weighted by Crippen LogP contribution is -1.95. The Labute approximate surface area is 310 Å². The zero-order chi connectivity index (χ0) is 35.3. The van der Waals surface area contributed by atoms with Crippen LogP contribution in [0.3, 0.4) is 0 Å². The van der Waals surface area contributed by atoms with Gasteiger partial charge in [-0.05, 0) is 66.3 Å². The molecule has 2 aromatic heterocycles. The molecule has 0 atom stereocenters. The highest BCUT2D eigenvalue weighted by molar-refractivity contribution is 6.31. The topological polar surface area (TPSA) is 26.3 Å². The van der Waals surface area contributed by atoms with Crippen molar-refractivity contribution in [1.29, 1.82) is 0 Å². The van der Waals surface area contributed by atoms with Crippen LogP contribution in [0.15, 0.2) is 191 Å². The van der Waals surface area contributed by atoms with Crippen molar-refractivity contribution in [3.8, 4) is 33.4 Å². The number of benzene rings is 10. The standard InChI is InChI=1S/C52H30O2/c1-5-21-37-33(17-1)47(43-27-13-25-41-31-15-9-11-29-45(31)53-51(41)43)34-18-2-6-22-38(34)49(37)50-39-23-7-3-19-35(39)48(36-20-4-8-24-40(36)50)44-28-14-26-42-32-16-10-12-30-46(32)54-52(42)44/h1-30H. The van der Waals surface area contributed by atoms with Gasteiger partial charge in [0.25, 0.3) is 0 Å². The second-order valence-electron chi connectivity index (χ2n) is 14.2. The van der Waals surface area contributed by atoms with Gasteiger partial charge in [-0.1, -0.05) is 170 Å². The first-order chi connectivity index (χ1) is 26.8. The molecule has 0 spiro atoms. The third-order valence-electron chi connectivity index (χ3n) is 11.5. The summed E-state index contributed by atoms with van der Waals surface area (Å²) >= 11 is 0. The van der Waals surface area contributed by atoms with Crippen molar-refractivity contribution in [2.75, 3.05) is 0 Å². The van der Waals surface area contributed by atoms with Gasteiger partial charge in [0.1, 0.15) is 22.3 Å². The fourth-order valence-electron chi connectivity index (χ4n) is 9.26. The Balaban J connectivity index is 1.23. The first-order valence-electron chi connectivity index (χ1n) is 18.5. The zero-order valence-corrected chi connectivity index (χ0v) is 29.1. The third-order valence-corrected chi connectivity index (χ3v) is 11.5. The first-order valence-corrected chi connectivity index (χ1v) is 18.5. The lowest BCUT2D eigenvalue weighted by atomic mass is 9.81. The predicted molar refractivity (Wildman–Crippen MR) is 227 cm³/mol. The minimum Gasteiger partial charge on any atom is -0.455 e. The van der Waals surface area contributed by atoms with Crippen LogP contribution in [-0.4, -0.2) is 0 Å². The van der Waals surface area contributed by atoms with E-state index >= 15 is 0 Å². The highest BCUT2D eigenvalue weighted by Crippen LogP contribution is 2.52. The summed E-state index contributed by atoms with van der Waals surface area (Å²) in [6.07, 6.45) is 0. The van der Waals surface area contributed by atoms with Gasteiger partial charge >= 0.3 is 0 Å². The molecule has 0 aliphatic carbocycles. The summed E-state index contributed by atoms with van der Waals surface area (Å²) in [6.45, 7) is 0. The molecule has 2 heteroatoms. The van der Waals surface area contributed by atoms with Crippen LogP contribution in [0, 0.1) is 0 Å². The molecule has 0 saturated carbocycles. The van der Waals surface area contributed by atoms with E-state index in [1.54, 1.807) is 0 Å². The second kappa shape index (κ2) is 11.2. The maximum atomic E-state index is 6.66. The average Bonchev–Trinajstić information content (AvgIpc) is 3.81. The lowest BCUT2D eigenvalue weighted by Gasteiger charge is -2.22. The zero-order valence-electron chi connectivity index (χ0n) is 29.1. The normalized spacial score (nSPS) is 12.1. The molecule has 250 valence electrons. The molecule has 2 heterocycles. The van der Waals surface area contributed by atoms with E-state index in [2.05, 4.69) is 170 Å². The smallest absolute Gasteiger partial charge is 0.143 e. The molecule has 2 nitrogen and oxygen atoms in total. The average molecular weight is 687 g/mol. The molecule has 0 unspecified atom stereocenters. The molecule has 0 N–H and O–H groups in total. The van der Waals surface area contributed by atoms with Crippen molar-refractivity contribution in [2.24, 2.45) is 0 Å². The lowest BCUT2D eigenvalue weighted by molar-refractivity contribution is 0.669. The van der Waals surface area contributed by atoms with Crippen LogP contribution in [0.25, 0.3) is 120 Å². The minimum atomic E-state index is 0.904. The summed E-state index contributed by atoms with van der Waals surface area (Å²) in [5, 5.41) is 14.2. The number of para-hydroxylation sites is 4. The van der Waals surface area contributed by atoms with Gasteiger partial charge in [0.05, 0.1) is 0 Å². The summed E-state index contributed by atoms with van der Waals surface area (Å²) in [7, 11) is 0. The van der Waals surface area contributed by atoms with Crippen LogP contribution in [0.5, 0.6) is 0 Å². The summed E-state index contributed by atoms with van der Waals surface area (Å²) in [4.78, 5) is 0. The summed E-state index contributed by atoms with van der Waals surface area (Å²) in [5.41, 5.74) is 10.7. The first kappa shape index (κ1) is 29.4. The molecule has 0 radical (unpaired) electrons. The molecule has 12 aromatic rings. The van der Waals surface area contributed by atoms with Crippen LogP contribution in [0.2, 0.25) is 0 Å². The highest BCUT2D eigenvalue weighted by Gasteiger charge is 2.25. The van der Waals surface area contributed by atoms with Gasteiger partial charge in [-0.2, -0.15) is 0 Å². The van der Waals surface area contributed by atoms with Crippen molar-refractivity contribution < 1.29 is 8.83 Å². The SMILES string of the molecule is c1ccc2c(c1)oc1c(-c3c4ccccc4c(-c4c5ccccc5c(-c5cccc6c5oc5ccccc56)c5ccccc45)c4ccccc34)cccc12. The molecule has 0 aliphatic rings. The van der Waals surface area contributed by atoms with E-state index in [4.69, 9.17) is 8.83 Å². The molecule has 10 aromatic carbocycles. The van der Waals surface area contributed by atoms with Gasteiger partial charge < -0.3 is 8.83 Å². The van der Waals surface area contributed by atoms with Crippen LogP contribution >= 0.6 is 0 Å². The molecule has 12 rings (SSSR count). The number of hydrogen-bond acceptors (Lipinski definition) is 2. The molecule has 0 amide bonds. The summed E-state index contributed by atoms with van der Waals surface area (Å²) < 4.78 is 13.3. The Morgan fingerprint density at radius 2 is 0.463 bits per heavy atom. The van der Waals surface area contributed by atoms with E-state index in [-0.39, 0.29) is 0 Å². The Kier molecular flexibility index (Phi) is 6.09. The quantitative estimate of drug-likeness (QED) is 0.173. The Bertz CT molecular complexity index is 3160. The van der Waals surface area contributed by atoms with E-state index < -0.39 is 0 Å². The number of fused-ring (bicyclic) bond motifs is 10. The maximum Gasteiger partial charge on any atom is 0.143 e. The minimum absolute atomic E-state index is 0.904. The molecule has 0 aliphatic heterocycles. The van der Waals surface area contributed by atoms with Crippen LogP contribution < -0.4 is 0 Å². The second-order valence-corrected chi connectivity index (χ2v) is 14.2. The van der Waals surface area contributed by atoms with Gasteiger partial charge in [0, 0.05) is 43.8 Å². The van der Waals surface area contributed by atoms with E-state index in [1.807, 2.05) is 12.1 Å². The van der Waals surface area contributed by atoms with Crippen molar-refractivity contribution in [1.82, 2.24) is 0 Å². The molecular formula is C52H30O2. The maximum absolute atomic E-state index is 6.66. The number of rotatable bonds is 3. The third kappa shape index (κ3) is 4.00. The van der Waals surface area contributed by atoms with Crippen molar-refractivity contribution in [3.05, 3.63) is 182 Å². The van der Waals surface area contributed by atoms with Gasteiger partial charge in [-0.15, -0.1) is 0 Å². The number of furan rings is 2. The van der Waals surface area contributed by atoms with E-state index in [0.717, 1.165) is 55.0 Å². The molecular weight excluding hydrogens is 657 g/mol.